The van der Waals surface area contributed by atoms with Gasteiger partial charge in [-0.15, -0.1) is 0 Å². The predicted octanol–water partition coefficient (Wildman–Crippen LogP) is 4.91. The molecule has 0 aromatic heterocycles. The van der Waals surface area contributed by atoms with Gasteiger partial charge in [0.15, 0.2) is 0 Å². The van der Waals surface area contributed by atoms with Gasteiger partial charge in [-0.3, -0.25) is 9.69 Å². The Morgan fingerprint density at radius 2 is 1.81 bits per heavy atom. The molecule has 0 saturated heterocycles. The number of halogens is 2. The van der Waals surface area contributed by atoms with Gasteiger partial charge in [-0.25, -0.2) is 0 Å². The minimum Gasteiger partial charge on any atom is -0.362 e. The molecule has 1 amide bonds. The van der Waals surface area contributed by atoms with Crippen LogP contribution in [0.15, 0.2) is 46.9 Å². The molecule has 2 aromatic carbocycles. The minimum absolute atomic E-state index is 0.0345. The molecule has 3 nitrogen and oxygen atoms in total. The van der Waals surface area contributed by atoms with Gasteiger partial charge in [0.25, 0.3) is 5.91 Å². The standard InChI is InChI=1S/C16H14BrClN2O/c1-16(2)19-14-9-11(18)5-8-13(14)15(21)20(16)12-6-3-10(17)4-7-12/h3-9,19H,1-2H3. The molecule has 1 aliphatic heterocycles. The quantitative estimate of drug-likeness (QED) is 0.778. The average molecular weight is 366 g/mol. The van der Waals surface area contributed by atoms with E-state index in [1.54, 1.807) is 23.1 Å². The van der Waals surface area contributed by atoms with Gasteiger partial charge in [0.1, 0.15) is 5.66 Å². The molecular formula is C16H14BrClN2O. The van der Waals surface area contributed by atoms with E-state index in [-0.39, 0.29) is 5.91 Å². The van der Waals surface area contributed by atoms with Gasteiger partial charge in [0.05, 0.1) is 11.3 Å². The molecule has 0 aliphatic carbocycles. The third-order valence-corrected chi connectivity index (χ3v) is 4.26. The van der Waals surface area contributed by atoms with E-state index in [1.807, 2.05) is 38.1 Å². The van der Waals surface area contributed by atoms with E-state index in [2.05, 4.69) is 21.2 Å². The summed E-state index contributed by atoms with van der Waals surface area (Å²) in [7, 11) is 0. The number of hydrogen-bond donors (Lipinski definition) is 1. The van der Waals surface area contributed by atoms with E-state index in [4.69, 9.17) is 11.6 Å². The SMILES string of the molecule is CC1(C)Nc2cc(Cl)ccc2C(=O)N1c1ccc(Br)cc1. The Morgan fingerprint density at radius 1 is 1.14 bits per heavy atom. The molecule has 3 rings (SSSR count). The molecule has 0 spiro atoms. The highest BCUT2D eigenvalue weighted by atomic mass is 79.9. The number of hydrogen-bond acceptors (Lipinski definition) is 2. The monoisotopic (exact) mass is 364 g/mol. The first kappa shape index (κ1) is 14.4. The fraction of sp³-hybridized carbons (Fsp3) is 0.188. The minimum atomic E-state index is -0.539. The maximum atomic E-state index is 12.9. The van der Waals surface area contributed by atoms with Crippen LogP contribution in [0.2, 0.25) is 5.02 Å². The van der Waals surface area contributed by atoms with Gasteiger partial charge in [0.2, 0.25) is 0 Å². The molecule has 0 bridgehead atoms. The molecule has 0 atom stereocenters. The van der Waals surface area contributed by atoms with Gasteiger partial charge in [0, 0.05) is 15.2 Å². The Balaban J connectivity index is 2.11. The molecule has 0 unspecified atom stereocenters. The van der Waals surface area contributed by atoms with Crippen molar-refractivity contribution < 1.29 is 4.79 Å². The Hall–Kier alpha value is -1.52. The van der Waals surface area contributed by atoms with Gasteiger partial charge >= 0.3 is 0 Å². The number of amides is 1. The van der Waals surface area contributed by atoms with Crippen molar-refractivity contribution in [3.8, 4) is 0 Å². The van der Waals surface area contributed by atoms with E-state index in [9.17, 15) is 4.79 Å². The van der Waals surface area contributed by atoms with Crippen LogP contribution in [0, 0.1) is 0 Å². The van der Waals surface area contributed by atoms with Crippen LogP contribution in [0.4, 0.5) is 11.4 Å². The zero-order valence-corrected chi connectivity index (χ0v) is 14.0. The number of benzene rings is 2. The molecular weight excluding hydrogens is 352 g/mol. The maximum Gasteiger partial charge on any atom is 0.262 e. The highest BCUT2D eigenvalue weighted by molar-refractivity contribution is 9.10. The van der Waals surface area contributed by atoms with Gasteiger partial charge in [-0.2, -0.15) is 0 Å². The number of carbonyl (C=O) groups is 1. The van der Waals surface area contributed by atoms with E-state index in [0.29, 0.717) is 10.6 Å². The van der Waals surface area contributed by atoms with Gasteiger partial charge in [-0.05, 0) is 56.3 Å². The van der Waals surface area contributed by atoms with Crippen LogP contribution in [0.5, 0.6) is 0 Å². The second kappa shape index (κ2) is 5.04. The van der Waals surface area contributed by atoms with Crippen LogP contribution < -0.4 is 10.2 Å². The summed E-state index contributed by atoms with van der Waals surface area (Å²) >= 11 is 9.43. The number of carbonyl (C=O) groups excluding carboxylic acids is 1. The first-order chi connectivity index (χ1) is 9.88. The maximum absolute atomic E-state index is 12.9. The van der Waals surface area contributed by atoms with Crippen molar-refractivity contribution in [3.63, 3.8) is 0 Å². The highest BCUT2D eigenvalue weighted by Crippen LogP contribution is 2.36. The van der Waals surface area contributed by atoms with Crippen LogP contribution in [0.1, 0.15) is 24.2 Å². The summed E-state index contributed by atoms with van der Waals surface area (Å²) in [5, 5.41) is 3.99. The number of rotatable bonds is 1. The molecule has 0 fully saturated rings. The molecule has 21 heavy (non-hydrogen) atoms. The summed E-state index contributed by atoms with van der Waals surface area (Å²) in [6.45, 7) is 3.94. The lowest BCUT2D eigenvalue weighted by atomic mass is 10.0. The Kier molecular flexibility index (Phi) is 3.46. The molecule has 1 heterocycles. The summed E-state index contributed by atoms with van der Waals surface area (Å²) in [6, 6.07) is 13.0. The third-order valence-electron chi connectivity index (χ3n) is 3.50. The van der Waals surface area contributed by atoms with Crippen LogP contribution in [0.25, 0.3) is 0 Å². The van der Waals surface area contributed by atoms with Crippen LogP contribution in [-0.4, -0.2) is 11.6 Å². The second-order valence-corrected chi connectivity index (χ2v) is 6.84. The normalized spacial score (nSPS) is 16.4. The topological polar surface area (TPSA) is 32.3 Å². The van der Waals surface area contributed by atoms with Crippen molar-refractivity contribution in [1.82, 2.24) is 0 Å². The highest BCUT2D eigenvalue weighted by Gasteiger charge is 2.38. The lowest BCUT2D eigenvalue weighted by Gasteiger charge is -2.44. The zero-order chi connectivity index (χ0) is 15.2. The summed E-state index contributed by atoms with van der Waals surface area (Å²) in [5.41, 5.74) is 1.71. The number of fused-ring (bicyclic) bond motifs is 1. The second-order valence-electron chi connectivity index (χ2n) is 5.49. The fourth-order valence-electron chi connectivity index (χ4n) is 2.60. The largest absolute Gasteiger partial charge is 0.362 e. The van der Waals surface area contributed by atoms with E-state index >= 15 is 0 Å². The fourth-order valence-corrected chi connectivity index (χ4v) is 3.03. The summed E-state index contributed by atoms with van der Waals surface area (Å²) in [5.74, 6) is -0.0345. The Labute approximate surface area is 137 Å². The van der Waals surface area contributed by atoms with Crippen molar-refractivity contribution in [2.24, 2.45) is 0 Å². The third kappa shape index (κ3) is 2.54. The lowest BCUT2D eigenvalue weighted by molar-refractivity contribution is 0.0961. The van der Waals surface area contributed by atoms with E-state index < -0.39 is 5.66 Å². The average Bonchev–Trinajstić information content (AvgIpc) is 2.39. The predicted molar refractivity (Wildman–Crippen MR) is 90.1 cm³/mol. The summed E-state index contributed by atoms with van der Waals surface area (Å²) < 4.78 is 0.980. The first-order valence-electron chi connectivity index (χ1n) is 6.56. The van der Waals surface area contributed by atoms with Crippen molar-refractivity contribution in [3.05, 3.63) is 57.5 Å². The Morgan fingerprint density at radius 3 is 2.48 bits per heavy atom. The van der Waals surface area contributed by atoms with Gasteiger partial charge < -0.3 is 5.32 Å². The zero-order valence-electron chi connectivity index (χ0n) is 11.7. The van der Waals surface area contributed by atoms with Crippen molar-refractivity contribution in [2.45, 2.75) is 19.5 Å². The first-order valence-corrected chi connectivity index (χ1v) is 7.73. The molecule has 5 heteroatoms. The van der Waals surface area contributed by atoms with E-state index in [1.165, 1.54) is 0 Å². The summed E-state index contributed by atoms with van der Waals surface area (Å²) in [6.07, 6.45) is 0. The summed E-state index contributed by atoms with van der Waals surface area (Å²) in [4.78, 5) is 14.6. The Bertz CT molecular complexity index is 713. The molecule has 1 N–H and O–H groups in total. The van der Waals surface area contributed by atoms with Crippen LogP contribution in [-0.2, 0) is 0 Å². The lowest BCUT2D eigenvalue weighted by Crippen LogP contribution is -2.56. The van der Waals surface area contributed by atoms with Gasteiger partial charge in [-0.1, -0.05) is 27.5 Å². The molecule has 0 saturated carbocycles. The van der Waals surface area contributed by atoms with E-state index in [0.717, 1.165) is 15.8 Å². The van der Waals surface area contributed by atoms with Crippen molar-refractivity contribution in [1.29, 1.82) is 0 Å². The number of nitrogens with one attached hydrogen (secondary N) is 1. The van der Waals surface area contributed by atoms with Crippen molar-refractivity contribution in [2.75, 3.05) is 10.2 Å². The smallest absolute Gasteiger partial charge is 0.262 e. The molecule has 0 radical (unpaired) electrons. The van der Waals surface area contributed by atoms with Crippen molar-refractivity contribution >= 4 is 44.8 Å². The van der Waals surface area contributed by atoms with Crippen LogP contribution in [0.3, 0.4) is 0 Å². The number of anilines is 2. The van der Waals surface area contributed by atoms with Crippen LogP contribution >= 0.6 is 27.5 Å². The molecule has 1 aliphatic rings. The number of nitrogens with zero attached hydrogens (tertiary/aromatic N) is 1. The molecule has 108 valence electrons. The molecule has 2 aromatic rings.